The van der Waals surface area contributed by atoms with E-state index in [2.05, 4.69) is 5.32 Å². The van der Waals surface area contributed by atoms with E-state index in [1.54, 1.807) is 17.2 Å². The van der Waals surface area contributed by atoms with Gasteiger partial charge in [-0.3, -0.25) is 9.59 Å². The highest BCUT2D eigenvalue weighted by molar-refractivity contribution is 5.96. The van der Waals surface area contributed by atoms with Gasteiger partial charge < -0.3 is 20.5 Å². The summed E-state index contributed by atoms with van der Waals surface area (Å²) in [5.74, 6) is -0.264. The first-order chi connectivity index (χ1) is 9.61. The lowest BCUT2D eigenvalue weighted by atomic mass is 10.3. The predicted octanol–water partition coefficient (Wildman–Crippen LogP) is 0.833. The smallest absolute Gasteiger partial charge is 0.268 e. The summed E-state index contributed by atoms with van der Waals surface area (Å²) in [7, 11) is 0. The summed E-state index contributed by atoms with van der Waals surface area (Å²) in [6.45, 7) is 4.42. The van der Waals surface area contributed by atoms with Crippen molar-refractivity contribution in [1.82, 2.24) is 14.8 Å². The van der Waals surface area contributed by atoms with Crippen LogP contribution >= 0.6 is 0 Å². The largest absolute Gasteiger partial charge is 0.397 e. The van der Waals surface area contributed by atoms with Crippen molar-refractivity contribution in [1.29, 1.82) is 0 Å². The van der Waals surface area contributed by atoms with Crippen LogP contribution in [0.5, 0.6) is 0 Å². The molecule has 0 bridgehead atoms. The average Bonchev–Trinajstić information content (AvgIpc) is 3.05. The third kappa shape index (κ3) is 3.31. The second-order valence-corrected chi connectivity index (χ2v) is 5.12. The zero-order valence-corrected chi connectivity index (χ0v) is 11.9. The molecule has 1 aromatic heterocycles. The van der Waals surface area contributed by atoms with Crippen LogP contribution in [0.1, 0.15) is 36.7 Å². The van der Waals surface area contributed by atoms with Gasteiger partial charge in [0.15, 0.2) is 0 Å². The fourth-order valence-corrected chi connectivity index (χ4v) is 2.47. The van der Waals surface area contributed by atoms with Crippen LogP contribution in [0, 0.1) is 0 Å². The number of nitrogens with one attached hydrogen (secondary N) is 1. The minimum absolute atomic E-state index is 0.0163. The van der Waals surface area contributed by atoms with Gasteiger partial charge in [0.05, 0.1) is 12.2 Å². The lowest BCUT2D eigenvalue weighted by molar-refractivity contribution is -0.129. The number of nitrogen functional groups attached to an aromatic ring is 1. The van der Waals surface area contributed by atoms with Crippen LogP contribution in [0.2, 0.25) is 0 Å². The molecule has 0 unspecified atom stereocenters. The van der Waals surface area contributed by atoms with E-state index in [-0.39, 0.29) is 18.4 Å². The van der Waals surface area contributed by atoms with Crippen molar-refractivity contribution >= 4 is 17.5 Å². The topological polar surface area (TPSA) is 80.4 Å². The highest BCUT2D eigenvalue weighted by atomic mass is 16.2. The molecule has 1 aliphatic heterocycles. The molecule has 6 nitrogen and oxygen atoms in total. The minimum Gasteiger partial charge on any atom is -0.397 e. The van der Waals surface area contributed by atoms with Crippen molar-refractivity contribution in [2.24, 2.45) is 0 Å². The maximum absolute atomic E-state index is 12.1. The van der Waals surface area contributed by atoms with E-state index in [4.69, 9.17) is 5.73 Å². The van der Waals surface area contributed by atoms with Crippen molar-refractivity contribution in [2.75, 3.05) is 25.4 Å². The third-order valence-electron chi connectivity index (χ3n) is 3.47. The van der Waals surface area contributed by atoms with E-state index < -0.39 is 0 Å². The number of carbonyl (C=O) groups excluding carboxylic acids is 2. The highest BCUT2D eigenvalue weighted by Crippen LogP contribution is 2.11. The van der Waals surface area contributed by atoms with E-state index in [0.29, 0.717) is 11.4 Å². The number of likely N-dealkylation sites (tertiary alicyclic amines) is 1. The second-order valence-electron chi connectivity index (χ2n) is 5.12. The number of aromatic nitrogens is 1. The summed E-state index contributed by atoms with van der Waals surface area (Å²) < 4.78 is 1.82. The molecule has 3 N–H and O–H groups in total. The standard InChI is InChI=1S/C14H22N4O2/c1-2-5-18-10-11(15)8-12(18)14(20)16-9-13(19)17-6-3-4-7-17/h8,10H,2-7,9,15H2,1H3,(H,16,20). The normalized spacial score (nSPS) is 14.6. The van der Waals surface area contributed by atoms with Crippen molar-refractivity contribution < 1.29 is 9.59 Å². The fraction of sp³-hybridized carbons (Fsp3) is 0.571. The Kier molecular flexibility index (Phi) is 4.65. The Hall–Kier alpha value is -1.98. The summed E-state index contributed by atoms with van der Waals surface area (Å²) >= 11 is 0. The quantitative estimate of drug-likeness (QED) is 0.837. The Morgan fingerprint density at radius 3 is 2.70 bits per heavy atom. The van der Waals surface area contributed by atoms with Gasteiger partial charge in [0.2, 0.25) is 5.91 Å². The molecule has 0 atom stereocenters. The van der Waals surface area contributed by atoms with E-state index in [9.17, 15) is 9.59 Å². The van der Waals surface area contributed by atoms with Gasteiger partial charge in [-0.1, -0.05) is 6.92 Å². The molecule has 1 fully saturated rings. The molecule has 1 aromatic rings. The van der Waals surface area contributed by atoms with Gasteiger partial charge in [0.1, 0.15) is 5.69 Å². The number of aryl methyl sites for hydroxylation is 1. The first kappa shape index (κ1) is 14.4. The summed E-state index contributed by atoms with van der Waals surface area (Å²) in [5, 5.41) is 2.68. The van der Waals surface area contributed by atoms with Crippen LogP contribution in [0.3, 0.4) is 0 Å². The van der Waals surface area contributed by atoms with Gasteiger partial charge in [0.25, 0.3) is 5.91 Å². The molecule has 20 heavy (non-hydrogen) atoms. The summed E-state index contributed by atoms with van der Waals surface area (Å²) in [4.78, 5) is 25.8. The highest BCUT2D eigenvalue weighted by Gasteiger charge is 2.19. The molecule has 110 valence electrons. The van der Waals surface area contributed by atoms with Gasteiger partial charge in [0, 0.05) is 25.8 Å². The number of nitrogens with two attached hydrogens (primary N) is 1. The number of anilines is 1. The van der Waals surface area contributed by atoms with Crippen molar-refractivity contribution in [3.05, 3.63) is 18.0 Å². The second kappa shape index (κ2) is 6.45. The number of amides is 2. The molecule has 2 amide bonds. The molecule has 1 aliphatic rings. The van der Waals surface area contributed by atoms with Crippen LogP contribution in [0.4, 0.5) is 5.69 Å². The predicted molar refractivity (Wildman–Crippen MR) is 77.3 cm³/mol. The van der Waals surface area contributed by atoms with Crippen molar-refractivity contribution in [3.8, 4) is 0 Å². The molecule has 2 rings (SSSR count). The Bertz CT molecular complexity index is 489. The zero-order chi connectivity index (χ0) is 14.5. The van der Waals surface area contributed by atoms with Gasteiger partial charge in [-0.2, -0.15) is 0 Å². The molecular formula is C14H22N4O2. The van der Waals surface area contributed by atoms with E-state index in [0.717, 1.165) is 38.9 Å². The SMILES string of the molecule is CCCn1cc(N)cc1C(=O)NCC(=O)N1CCCC1. The fourth-order valence-electron chi connectivity index (χ4n) is 2.47. The minimum atomic E-state index is -0.248. The number of rotatable bonds is 5. The van der Waals surface area contributed by atoms with Gasteiger partial charge in [-0.25, -0.2) is 0 Å². The Labute approximate surface area is 118 Å². The van der Waals surface area contributed by atoms with Crippen LogP contribution in [-0.4, -0.2) is 40.9 Å². The first-order valence-corrected chi connectivity index (χ1v) is 7.13. The molecule has 0 radical (unpaired) electrons. The van der Waals surface area contributed by atoms with Crippen LogP contribution in [-0.2, 0) is 11.3 Å². The number of hydrogen-bond donors (Lipinski definition) is 2. The van der Waals surface area contributed by atoms with Crippen molar-refractivity contribution in [3.63, 3.8) is 0 Å². The molecule has 0 spiro atoms. The monoisotopic (exact) mass is 278 g/mol. The maximum Gasteiger partial charge on any atom is 0.268 e. The average molecular weight is 278 g/mol. The molecule has 6 heteroatoms. The number of hydrogen-bond acceptors (Lipinski definition) is 3. The number of nitrogens with zero attached hydrogens (tertiary/aromatic N) is 2. The maximum atomic E-state index is 12.1. The lowest BCUT2D eigenvalue weighted by Crippen LogP contribution is -2.39. The molecule has 0 saturated carbocycles. The van der Waals surface area contributed by atoms with Gasteiger partial charge in [-0.15, -0.1) is 0 Å². The Balaban J connectivity index is 1.92. The van der Waals surface area contributed by atoms with Gasteiger partial charge in [-0.05, 0) is 25.3 Å². The summed E-state index contributed by atoms with van der Waals surface area (Å²) in [5.41, 5.74) is 6.80. The van der Waals surface area contributed by atoms with Gasteiger partial charge >= 0.3 is 0 Å². The van der Waals surface area contributed by atoms with Crippen molar-refractivity contribution in [2.45, 2.75) is 32.7 Å². The zero-order valence-electron chi connectivity index (χ0n) is 11.9. The van der Waals surface area contributed by atoms with Crippen LogP contribution < -0.4 is 11.1 Å². The number of carbonyl (C=O) groups is 2. The summed E-state index contributed by atoms with van der Waals surface area (Å²) in [6, 6.07) is 1.64. The van der Waals surface area contributed by atoms with E-state index in [1.807, 2.05) is 11.5 Å². The Morgan fingerprint density at radius 2 is 2.05 bits per heavy atom. The third-order valence-corrected chi connectivity index (χ3v) is 3.47. The van der Waals surface area contributed by atoms with Crippen LogP contribution in [0.15, 0.2) is 12.3 Å². The van der Waals surface area contributed by atoms with E-state index >= 15 is 0 Å². The van der Waals surface area contributed by atoms with Crippen LogP contribution in [0.25, 0.3) is 0 Å². The molecular weight excluding hydrogens is 256 g/mol. The van der Waals surface area contributed by atoms with E-state index in [1.165, 1.54) is 0 Å². The molecule has 1 saturated heterocycles. The first-order valence-electron chi connectivity index (χ1n) is 7.13. The molecule has 0 aliphatic carbocycles. The molecule has 0 aromatic carbocycles. The Morgan fingerprint density at radius 1 is 1.35 bits per heavy atom. The lowest BCUT2D eigenvalue weighted by Gasteiger charge is -2.15. The molecule has 2 heterocycles. The summed E-state index contributed by atoms with van der Waals surface area (Å²) in [6.07, 6.45) is 4.77.